The van der Waals surface area contributed by atoms with Crippen molar-refractivity contribution in [3.8, 4) is 0 Å². The number of hydrogen-bond donors (Lipinski definition) is 3. The molecule has 0 aliphatic rings. The van der Waals surface area contributed by atoms with E-state index in [1.54, 1.807) is 13.8 Å². The summed E-state index contributed by atoms with van der Waals surface area (Å²) in [5, 5.41) is 21.0. The lowest BCUT2D eigenvalue weighted by Gasteiger charge is -2.28. The van der Waals surface area contributed by atoms with E-state index in [0.29, 0.717) is 19.5 Å². The zero-order valence-corrected chi connectivity index (χ0v) is 12.3. The Kier molecular flexibility index (Phi) is 7.44. The monoisotopic (exact) mass is 274 g/mol. The topological polar surface area (TPSA) is 89.9 Å². The summed E-state index contributed by atoms with van der Waals surface area (Å²) in [6, 6.07) is -0.230. The van der Waals surface area contributed by atoms with E-state index < -0.39 is 11.6 Å². The zero-order valence-electron chi connectivity index (χ0n) is 12.3. The molecule has 0 aliphatic heterocycles. The van der Waals surface area contributed by atoms with Crippen molar-refractivity contribution in [1.82, 2.24) is 10.2 Å². The van der Waals surface area contributed by atoms with Crippen molar-refractivity contribution in [2.24, 2.45) is 5.92 Å². The Morgan fingerprint density at radius 2 is 1.95 bits per heavy atom. The number of aliphatic carboxylic acids is 1. The molecule has 6 heteroatoms. The van der Waals surface area contributed by atoms with Gasteiger partial charge in [-0.1, -0.05) is 6.92 Å². The van der Waals surface area contributed by atoms with Gasteiger partial charge < -0.3 is 20.4 Å². The highest BCUT2D eigenvalue weighted by atomic mass is 16.4. The molecule has 2 amide bonds. The molecule has 0 aromatic heterocycles. The van der Waals surface area contributed by atoms with E-state index in [1.807, 2.05) is 13.8 Å². The van der Waals surface area contributed by atoms with E-state index in [1.165, 1.54) is 4.90 Å². The van der Waals surface area contributed by atoms with Crippen LogP contribution in [0.1, 0.15) is 40.5 Å². The highest BCUT2D eigenvalue weighted by Crippen LogP contribution is 2.07. The molecule has 0 saturated heterocycles. The van der Waals surface area contributed by atoms with Gasteiger partial charge in [0.15, 0.2) is 0 Å². The number of nitrogens with zero attached hydrogens (tertiary/aromatic N) is 1. The number of aliphatic hydroxyl groups is 1. The molecule has 19 heavy (non-hydrogen) atoms. The average molecular weight is 274 g/mol. The van der Waals surface area contributed by atoms with E-state index >= 15 is 0 Å². The molecule has 0 saturated carbocycles. The first-order valence-electron chi connectivity index (χ1n) is 6.62. The molecule has 6 nitrogen and oxygen atoms in total. The molecule has 0 fully saturated rings. The molecule has 0 spiro atoms. The third kappa shape index (κ3) is 9.30. The van der Waals surface area contributed by atoms with Crippen molar-refractivity contribution in [2.75, 3.05) is 19.6 Å². The van der Waals surface area contributed by atoms with E-state index in [2.05, 4.69) is 5.32 Å². The van der Waals surface area contributed by atoms with Crippen LogP contribution >= 0.6 is 0 Å². The van der Waals surface area contributed by atoms with Gasteiger partial charge in [0.2, 0.25) is 0 Å². The highest BCUT2D eigenvalue weighted by Gasteiger charge is 2.21. The van der Waals surface area contributed by atoms with Crippen molar-refractivity contribution < 1.29 is 19.8 Å². The Balaban J connectivity index is 4.10. The number of carbonyl (C=O) groups is 2. The second-order valence-electron chi connectivity index (χ2n) is 5.55. The number of hydrogen-bond acceptors (Lipinski definition) is 3. The Labute approximate surface area is 114 Å². The third-order valence-corrected chi connectivity index (χ3v) is 2.70. The normalized spacial score (nSPS) is 12.9. The first-order chi connectivity index (χ1) is 8.65. The van der Waals surface area contributed by atoms with Crippen LogP contribution in [0.4, 0.5) is 4.79 Å². The number of rotatable bonds is 8. The van der Waals surface area contributed by atoms with Crippen molar-refractivity contribution in [3.05, 3.63) is 0 Å². The maximum absolute atomic E-state index is 11.9. The van der Waals surface area contributed by atoms with Crippen LogP contribution in [0.25, 0.3) is 0 Å². The van der Waals surface area contributed by atoms with E-state index in [4.69, 9.17) is 5.11 Å². The van der Waals surface area contributed by atoms with Gasteiger partial charge in [0.05, 0.1) is 12.1 Å². The fourth-order valence-electron chi connectivity index (χ4n) is 1.64. The Morgan fingerprint density at radius 3 is 2.37 bits per heavy atom. The lowest BCUT2D eigenvalue weighted by molar-refractivity contribution is -0.137. The Bertz CT molecular complexity index is 300. The van der Waals surface area contributed by atoms with Crippen LogP contribution in [0, 0.1) is 5.92 Å². The fourth-order valence-corrected chi connectivity index (χ4v) is 1.64. The Hall–Kier alpha value is -1.30. The molecular weight excluding hydrogens is 248 g/mol. The van der Waals surface area contributed by atoms with Gasteiger partial charge >= 0.3 is 12.0 Å². The predicted octanol–water partition coefficient (Wildman–Crippen LogP) is 1.29. The summed E-state index contributed by atoms with van der Waals surface area (Å²) in [6.07, 6.45) is 0.644. The SMILES string of the molecule is CCN(CC(C)(C)O)C(=O)NCC(C)CCC(=O)O. The molecule has 0 aromatic carbocycles. The predicted molar refractivity (Wildman–Crippen MR) is 73.0 cm³/mol. The van der Waals surface area contributed by atoms with E-state index in [0.717, 1.165) is 0 Å². The maximum Gasteiger partial charge on any atom is 0.317 e. The number of urea groups is 1. The van der Waals surface area contributed by atoms with Gasteiger partial charge in [-0.15, -0.1) is 0 Å². The van der Waals surface area contributed by atoms with Crippen LogP contribution in [0.2, 0.25) is 0 Å². The quantitative estimate of drug-likeness (QED) is 0.622. The van der Waals surface area contributed by atoms with Crippen LogP contribution in [-0.4, -0.2) is 52.3 Å². The molecule has 1 unspecified atom stereocenters. The van der Waals surface area contributed by atoms with Gasteiger partial charge in [-0.05, 0) is 33.1 Å². The molecule has 0 aliphatic carbocycles. The third-order valence-electron chi connectivity index (χ3n) is 2.70. The lowest BCUT2D eigenvalue weighted by Crippen LogP contribution is -2.47. The number of carboxylic acid groups (broad SMARTS) is 1. The number of nitrogens with one attached hydrogen (secondary N) is 1. The van der Waals surface area contributed by atoms with Crippen molar-refractivity contribution in [2.45, 2.75) is 46.1 Å². The number of amides is 2. The fraction of sp³-hybridized carbons (Fsp3) is 0.846. The van der Waals surface area contributed by atoms with Gasteiger partial charge in [0.25, 0.3) is 0 Å². The lowest BCUT2D eigenvalue weighted by atomic mass is 10.1. The second-order valence-corrected chi connectivity index (χ2v) is 5.55. The molecule has 0 aromatic rings. The van der Waals surface area contributed by atoms with Gasteiger partial charge in [-0.3, -0.25) is 4.79 Å². The molecule has 1 atom stereocenters. The maximum atomic E-state index is 11.9. The van der Waals surface area contributed by atoms with E-state index in [9.17, 15) is 14.7 Å². The highest BCUT2D eigenvalue weighted by molar-refractivity contribution is 5.74. The Morgan fingerprint density at radius 1 is 1.37 bits per heavy atom. The van der Waals surface area contributed by atoms with Gasteiger partial charge in [-0.2, -0.15) is 0 Å². The summed E-state index contributed by atoms with van der Waals surface area (Å²) in [6.45, 7) is 8.26. The van der Waals surface area contributed by atoms with Crippen LogP contribution in [-0.2, 0) is 4.79 Å². The minimum Gasteiger partial charge on any atom is -0.481 e. The summed E-state index contributed by atoms with van der Waals surface area (Å²) < 4.78 is 0. The summed E-state index contributed by atoms with van der Waals surface area (Å²) in [5.74, 6) is -0.712. The summed E-state index contributed by atoms with van der Waals surface area (Å²) >= 11 is 0. The molecule has 0 heterocycles. The van der Waals surface area contributed by atoms with Crippen molar-refractivity contribution >= 4 is 12.0 Å². The molecule has 0 radical (unpaired) electrons. The molecular formula is C13H26N2O4. The van der Waals surface area contributed by atoms with Gasteiger partial charge in [0, 0.05) is 19.5 Å². The number of carboxylic acids is 1. The van der Waals surface area contributed by atoms with Crippen LogP contribution < -0.4 is 5.32 Å². The van der Waals surface area contributed by atoms with Gasteiger partial charge in [0.1, 0.15) is 0 Å². The molecule has 112 valence electrons. The first-order valence-corrected chi connectivity index (χ1v) is 6.62. The van der Waals surface area contributed by atoms with Crippen molar-refractivity contribution in [3.63, 3.8) is 0 Å². The smallest absolute Gasteiger partial charge is 0.317 e. The van der Waals surface area contributed by atoms with Crippen LogP contribution in [0.15, 0.2) is 0 Å². The summed E-state index contributed by atoms with van der Waals surface area (Å²) in [4.78, 5) is 23.8. The molecule has 0 rings (SSSR count). The van der Waals surface area contributed by atoms with Gasteiger partial charge in [-0.25, -0.2) is 4.79 Å². The minimum atomic E-state index is -0.928. The zero-order chi connectivity index (χ0) is 15.1. The molecule has 3 N–H and O–H groups in total. The summed E-state index contributed by atoms with van der Waals surface area (Å²) in [7, 11) is 0. The molecule has 0 bridgehead atoms. The minimum absolute atomic E-state index is 0.109. The van der Waals surface area contributed by atoms with Crippen molar-refractivity contribution in [1.29, 1.82) is 0 Å². The van der Waals surface area contributed by atoms with Crippen LogP contribution in [0.5, 0.6) is 0 Å². The largest absolute Gasteiger partial charge is 0.481 e. The standard InChI is InChI=1S/C13H26N2O4/c1-5-15(9-13(3,4)19)12(18)14-8-10(2)6-7-11(16)17/h10,19H,5-9H2,1-4H3,(H,14,18)(H,16,17). The summed E-state index contributed by atoms with van der Waals surface area (Å²) in [5.41, 5.74) is -0.928. The second kappa shape index (κ2) is 7.99. The number of likely N-dealkylation sites (N-methyl/N-ethyl adjacent to an activating group) is 1. The first kappa shape index (κ1) is 17.7. The van der Waals surface area contributed by atoms with E-state index in [-0.39, 0.29) is 24.9 Å². The number of carbonyl (C=O) groups excluding carboxylic acids is 1. The van der Waals surface area contributed by atoms with Crippen LogP contribution in [0.3, 0.4) is 0 Å². The average Bonchev–Trinajstić information content (AvgIpc) is 2.29.